The van der Waals surface area contributed by atoms with Crippen molar-refractivity contribution in [2.24, 2.45) is 5.41 Å². The maximum atomic E-state index is 3.69. The molecule has 0 saturated heterocycles. The van der Waals surface area contributed by atoms with Gasteiger partial charge in [-0.3, -0.25) is 0 Å². The van der Waals surface area contributed by atoms with E-state index in [1.807, 2.05) is 0 Å². The molecule has 2 rings (SSSR count). The minimum Gasteiger partial charge on any atom is -0.316 e. The second-order valence-electron chi connectivity index (χ2n) is 6.58. The van der Waals surface area contributed by atoms with Gasteiger partial charge < -0.3 is 5.32 Å². The lowest BCUT2D eigenvalue weighted by Crippen LogP contribution is -2.36. The Kier molecular flexibility index (Phi) is 6.59. The number of benzene rings is 1. The molecule has 1 fully saturated rings. The first-order valence-electron chi connectivity index (χ1n) is 8.59. The van der Waals surface area contributed by atoms with Crippen LogP contribution in [-0.2, 0) is 6.42 Å². The Morgan fingerprint density at radius 1 is 1.05 bits per heavy atom. The normalized spacial score (nSPS) is 18.1. The molecule has 1 nitrogen and oxygen atoms in total. The van der Waals surface area contributed by atoms with Crippen LogP contribution in [0.3, 0.4) is 0 Å². The Balaban J connectivity index is 1.80. The number of rotatable bonds is 8. The molecular formula is C19H31N. The van der Waals surface area contributed by atoms with Crippen molar-refractivity contribution in [3.63, 3.8) is 0 Å². The van der Waals surface area contributed by atoms with E-state index in [1.54, 1.807) is 0 Å². The highest BCUT2D eigenvalue weighted by molar-refractivity contribution is 5.14. The summed E-state index contributed by atoms with van der Waals surface area (Å²) in [6, 6.07) is 11.0. The van der Waals surface area contributed by atoms with E-state index in [1.165, 1.54) is 76.4 Å². The van der Waals surface area contributed by atoms with Crippen LogP contribution in [0.5, 0.6) is 0 Å². The third-order valence-electron chi connectivity index (χ3n) is 4.86. The van der Waals surface area contributed by atoms with Gasteiger partial charge in [-0.05, 0) is 56.0 Å². The van der Waals surface area contributed by atoms with Crippen LogP contribution in [0.15, 0.2) is 30.3 Å². The van der Waals surface area contributed by atoms with Crippen LogP contribution in [0, 0.1) is 5.41 Å². The lowest BCUT2D eigenvalue weighted by Gasteiger charge is -2.38. The molecule has 1 heteroatoms. The predicted octanol–water partition coefficient (Wildman–Crippen LogP) is 4.96. The molecule has 0 aromatic heterocycles. The van der Waals surface area contributed by atoms with Crippen molar-refractivity contribution in [1.82, 2.24) is 5.32 Å². The Bertz CT molecular complexity index is 351. The molecule has 0 atom stereocenters. The maximum Gasteiger partial charge on any atom is 0.000780 e. The van der Waals surface area contributed by atoms with E-state index in [0.717, 1.165) is 0 Å². The largest absolute Gasteiger partial charge is 0.316 e. The number of hydrogen-bond acceptors (Lipinski definition) is 1. The van der Waals surface area contributed by atoms with Crippen LogP contribution in [0.25, 0.3) is 0 Å². The smallest absolute Gasteiger partial charge is 0.000780 e. The average Bonchev–Trinajstić information content (AvgIpc) is 2.50. The third-order valence-corrected chi connectivity index (χ3v) is 4.86. The molecule has 0 heterocycles. The molecule has 1 aliphatic rings. The van der Waals surface area contributed by atoms with Gasteiger partial charge >= 0.3 is 0 Å². The minimum absolute atomic E-state index is 0.599. The lowest BCUT2D eigenvalue weighted by atomic mass is 9.70. The highest BCUT2D eigenvalue weighted by atomic mass is 14.9. The Labute approximate surface area is 125 Å². The van der Waals surface area contributed by atoms with Gasteiger partial charge in [0.15, 0.2) is 0 Å². The summed E-state index contributed by atoms with van der Waals surface area (Å²) >= 11 is 0. The van der Waals surface area contributed by atoms with Gasteiger partial charge in [0.1, 0.15) is 0 Å². The van der Waals surface area contributed by atoms with E-state index in [9.17, 15) is 0 Å². The monoisotopic (exact) mass is 273 g/mol. The maximum absolute atomic E-state index is 3.69. The summed E-state index contributed by atoms with van der Waals surface area (Å²) in [6.45, 7) is 4.69. The summed E-state index contributed by atoms with van der Waals surface area (Å²) in [5.41, 5.74) is 2.10. The van der Waals surface area contributed by atoms with Gasteiger partial charge in [-0.2, -0.15) is 0 Å². The van der Waals surface area contributed by atoms with Gasteiger partial charge in [-0.1, -0.05) is 56.5 Å². The van der Waals surface area contributed by atoms with Gasteiger partial charge in [0, 0.05) is 6.54 Å². The summed E-state index contributed by atoms with van der Waals surface area (Å²) in [5, 5.41) is 3.69. The van der Waals surface area contributed by atoms with Gasteiger partial charge in [-0.15, -0.1) is 0 Å². The minimum atomic E-state index is 0.599. The fourth-order valence-electron chi connectivity index (χ4n) is 3.66. The third kappa shape index (κ3) is 4.94. The Hall–Kier alpha value is -0.820. The first-order chi connectivity index (χ1) is 9.85. The Morgan fingerprint density at radius 3 is 2.50 bits per heavy atom. The van der Waals surface area contributed by atoms with Crippen LogP contribution in [0.2, 0.25) is 0 Å². The molecule has 1 saturated carbocycles. The molecule has 1 N–H and O–H groups in total. The van der Waals surface area contributed by atoms with Gasteiger partial charge in [0.2, 0.25) is 0 Å². The second kappa shape index (κ2) is 8.46. The lowest BCUT2D eigenvalue weighted by molar-refractivity contribution is 0.163. The quantitative estimate of drug-likeness (QED) is 0.660. The zero-order valence-electron chi connectivity index (χ0n) is 13.2. The van der Waals surface area contributed by atoms with Crippen molar-refractivity contribution < 1.29 is 0 Å². The molecular weight excluding hydrogens is 242 g/mol. The van der Waals surface area contributed by atoms with E-state index in [4.69, 9.17) is 0 Å². The predicted molar refractivity (Wildman–Crippen MR) is 88.1 cm³/mol. The van der Waals surface area contributed by atoms with Crippen LogP contribution in [0.1, 0.15) is 63.9 Å². The molecule has 0 spiro atoms. The van der Waals surface area contributed by atoms with Crippen molar-refractivity contribution >= 4 is 0 Å². The van der Waals surface area contributed by atoms with Crippen molar-refractivity contribution in [3.8, 4) is 0 Å². The van der Waals surface area contributed by atoms with E-state index < -0.39 is 0 Å². The second-order valence-corrected chi connectivity index (χ2v) is 6.58. The van der Waals surface area contributed by atoms with Crippen LogP contribution >= 0.6 is 0 Å². The topological polar surface area (TPSA) is 12.0 Å². The SMILES string of the molecule is CCCNCC1(CCCc2ccccc2)CCCCC1. The molecule has 112 valence electrons. The summed E-state index contributed by atoms with van der Waals surface area (Å²) in [4.78, 5) is 0. The number of hydrogen-bond donors (Lipinski definition) is 1. The van der Waals surface area contributed by atoms with E-state index in [0.29, 0.717) is 5.41 Å². The molecule has 1 aromatic rings. The van der Waals surface area contributed by atoms with Gasteiger partial charge in [0.25, 0.3) is 0 Å². The summed E-state index contributed by atoms with van der Waals surface area (Å²) in [5.74, 6) is 0. The first-order valence-corrected chi connectivity index (χ1v) is 8.59. The van der Waals surface area contributed by atoms with E-state index in [2.05, 4.69) is 42.6 Å². The highest BCUT2D eigenvalue weighted by Gasteiger charge is 2.30. The molecule has 0 radical (unpaired) electrons. The van der Waals surface area contributed by atoms with Crippen LogP contribution < -0.4 is 5.32 Å². The molecule has 1 aliphatic carbocycles. The average molecular weight is 273 g/mol. The van der Waals surface area contributed by atoms with Gasteiger partial charge in [0.05, 0.1) is 0 Å². The fourth-order valence-corrected chi connectivity index (χ4v) is 3.66. The number of aryl methyl sites for hydroxylation is 1. The standard InChI is InChI=1S/C19H31N/c1-2-16-20-17-19(13-7-4-8-14-19)15-9-12-18-10-5-3-6-11-18/h3,5-6,10-11,20H,2,4,7-9,12-17H2,1H3. The zero-order valence-corrected chi connectivity index (χ0v) is 13.2. The molecule has 0 amide bonds. The van der Waals surface area contributed by atoms with E-state index >= 15 is 0 Å². The van der Waals surface area contributed by atoms with E-state index in [-0.39, 0.29) is 0 Å². The number of nitrogens with one attached hydrogen (secondary N) is 1. The fraction of sp³-hybridized carbons (Fsp3) is 0.684. The molecule has 0 aliphatic heterocycles. The summed E-state index contributed by atoms with van der Waals surface area (Å²) in [6.07, 6.45) is 12.5. The van der Waals surface area contributed by atoms with Crippen molar-refractivity contribution in [1.29, 1.82) is 0 Å². The Morgan fingerprint density at radius 2 is 1.80 bits per heavy atom. The zero-order chi connectivity index (χ0) is 14.1. The summed E-state index contributed by atoms with van der Waals surface area (Å²) < 4.78 is 0. The molecule has 1 aromatic carbocycles. The van der Waals surface area contributed by atoms with Gasteiger partial charge in [-0.25, -0.2) is 0 Å². The molecule has 20 heavy (non-hydrogen) atoms. The highest BCUT2D eigenvalue weighted by Crippen LogP contribution is 2.40. The van der Waals surface area contributed by atoms with Crippen molar-refractivity contribution in [3.05, 3.63) is 35.9 Å². The van der Waals surface area contributed by atoms with Crippen LogP contribution in [-0.4, -0.2) is 13.1 Å². The van der Waals surface area contributed by atoms with Crippen LogP contribution in [0.4, 0.5) is 0 Å². The first kappa shape index (κ1) is 15.6. The molecule has 0 bridgehead atoms. The summed E-state index contributed by atoms with van der Waals surface area (Å²) in [7, 11) is 0. The molecule has 0 unspecified atom stereocenters. The van der Waals surface area contributed by atoms with Crippen molar-refractivity contribution in [2.45, 2.75) is 64.7 Å². The van der Waals surface area contributed by atoms with Crippen molar-refractivity contribution in [2.75, 3.05) is 13.1 Å².